The van der Waals surface area contributed by atoms with Crippen molar-refractivity contribution in [1.29, 1.82) is 0 Å². The third-order valence-electron chi connectivity index (χ3n) is 1.29. The lowest BCUT2D eigenvalue weighted by molar-refractivity contribution is 0.108. The van der Waals surface area contributed by atoms with Crippen LogP contribution < -0.4 is 5.73 Å². The highest BCUT2D eigenvalue weighted by atomic mass is 32.2. The van der Waals surface area contributed by atoms with Gasteiger partial charge < -0.3 is 5.73 Å². The number of carbonyl (C=O) groups is 1. The molecule has 0 aliphatic carbocycles. The molecule has 0 aromatic carbocycles. The number of aryl methyl sites for hydroxylation is 1. The molecule has 2 N–H and O–H groups in total. The molecular formula is C6H9N3OS. The molecule has 0 fully saturated rings. The molecule has 0 bridgehead atoms. The molecule has 0 radical (unpaired) electrons. The lowest BCUT2D eigenvalue weighted by atomic mass is 10.4. The van der Waals surface area contributed by atoms with Gasteiger partial charge in [-0.2, -0.15) is 5.10 Å². The molecule has 1 heterocycles. The summed E-state index contributed by atoms with van der Waals surface area (Å²) in [6.07, 6.45) is 1.73. The summed E-state index contributed by atoms with van der Waals surface area (Å²) >= 11 is 1.15. The molecule has 60 valence electrons. The summed E-state index contributed by atoms with van der Waals surface area (Å²) in [6.45, 7) is 0. The van der Waals surface area contributed by atoms with Gasteiger partial charge in [-0.25, -0.2) is 0 Å². The van der Waals surface area contributed by atoms with Crippen LogP contribution in [0.25, 0.3) is 0 Å². The molecule has 0 saturated carbocycles. The van der Waals surface area contributed by atoms with Gasteiger partial charge in [-0.05, 0) is 6.26 Å². The predicted octanol–water partition coefficient (Wildman–Crippen LogP) is 0.505. The van der Waals surface area contributed by atoms with Gasteiger partial charge in [0.05, 0.1) is 0 Å². The Bertz CT molecular complexity index is 281. The fourth-order valence-corrected chi connectivity index (χ4v) is 1.19. The number of hydrogen-bond donors (Lipinski definition) is 1. The van der Waals surface area contributed by atoms with Crippen molar-refractivity contribution in [2.24, 2.45) is 7.05 Å². The van der Waals surface area contributed by atoms with E-state index in [0.29, 0.717) is 11.5 Å². The normalized spacial score (nSPS) is 10.0. The number of rotatable bonds is 1. The van der Waals surface area contributed by atoms with Gasteiger partial charge in [0.2, 0.25) is 5.12 Å². The van der Waals surface area contributed by atoms with Gasteiger partial charge in [0.15, 0.2) is 0 Å². The Kier molecular flexibility index (Phi) is 2.19. The Morgan fingerprint density at radius 3 is 2.82 bits per heavy atom. The highest BCUT2D eigenvalue weighted by molar-refractivity contribution is 8.13. The van der Waals surface area contributed by atoms with Crippen molar-refractivity contribution in [3.05, 3.63) is 11.8 Å². The van der Waals surface area contributed by atoms with Crippen molar-refractivity contribution >= 4 is 22.7 Å². The molecule has 0 amide bonds. The van der Waals surface area contributed by atoms with Crippen LogP contribution >= 0.6 is 11.8 Å². The first kappa shape index (κ1) is 8.13. The maximum absolute atomic E-state index is 11.1. The summed E-state index contributed by atoms with van der Waals surface area (Å²) in [5.41, 5.74) is 5.92. The molecule has 0 atom stereocenters. The molecule has 0 unspecified atom stereocenters. The SMILES string of the molecule is CSC(=O)c1cc(N)nn1C. The fraction of sp³-hybridized carbons (Fsp3) is 0.333. The minimum Gasteiger partial charge on any atom is -0.382 e. The van der Waals surface area contributed by atoms with E-state index in [1.54, 1.807) is 19.4 Å². The number of nitrogens with two attached hydrogens (primary N) is 1. The van der Waals surface area contributed by atoms with Crippen molar-refractivity contribution < 1.29 is 4.79 Å². The number of anilines is 1. The third kappa shape index (κ3) is 1.54. The smallest absolute Gasteiger partial charge is 0.237 e. The van der Waals surface area contributed by atoms with E-state index in [4.69, 9.17) is 5.73 Å². The van der Waals surface area contributed by atoms with Gasteiger partial charge in [0, 0.05) is 13.1 Å². The van der Waals surface area contributed by atoms with E-state index in [9.17, 15) is 4.79 Å². The minimum atomic E-state index is -0.0169. The maximum Gasteiger partial charge on any atom is 0.237 e. The summed E-state index contributed by atoms with van der Waals surface area (Å²) in [6, 6.07) is 1.57. The van der Waals surface area contributed by atoms with Crippen LogP contribution in [0.15, 0.2) is 6.07 Å². The zero-order chi connectivity index (χ0) is 8.43. The van der Waals surface area contributed by atoms with Gasteiger partial charge in [-0.15, -0.1) is 0 Å². The predicted molar refractivity (Wildman–Crippen MR) is 45.5 cm³/mol. The van der Waals surface area contributed by atoms with Gasteiger partial charge in [-0.3, -0.25) is 9.48 Å². The van der Waals surface area contributed by atoms with E-state index in [-0.39, 0.29) is 5.12 Å². The molecule has 4 nitrogen and oxygen atoms in total. The molecule has 1 aromatic rings. The highest BCUT2D eigenvalue weighted by Gasteiger charge is 2.09. The van der Waals surface area contributed by atoms with Gasteiger partial charge in [0.25, 0.3) is 0 Å². The second kappa shape index (κ2) is 2.96. The van der Waals surface area contributed by atoms with Crippen LogP contribution in [0.2, 0.25) is 0 Å². The summed E-state index contributed by atoms with van der Waals surface area (Å²) in [4.78, 5) is 11.1. The lowest BCUT2D eigenvalue weighted by Crippen LogP contribution is -2.02. The molecule has 0 aliphatic rings. The van der Waals surface area contributed by atoms with Crippen LogP contribution in [0.5, 0.6) is 0 Å². The van der Waals surface area contributed by atoms with Crippen LogP contribution in [-0.4, -0.2) is 21.2 Å². The Hall–Kier alpha value is -0.970. The molecule has 0 aliphatic heterocycles. The molecule has 1 aromatic heterocycles. The van der Waals surface area contributed by atoms with Crippen LogP contribution in [0.3, 0.4) is 0 Å². The molecular weight excluding hydrogens is 162 g/mol. The standard InChI is InChI=1S/C6H9N3OS/c1-9-4(6(10)11-2)3-5(7)8-9/h3H,1-2H3,(H2,7,8). The average molecular weight is 171 g/mol. The molecule has 0 saturated heterocycles. The highest BCUT2D eigenvalue weighted by Crippen LogP contribution is 2.10. The quantitative estimate of drug-likeness (QED) is 0.668. The van der Waals surface area contributed by atoms with Crippen molar-refractivity contribution in [1.82, 2.24) is 9.78 Å². The first-order valence-electron chi connectivity index (χ1n) is 3.03. The Morgan fingerprint density at radius 1 is 1.82 bits per heavy atom. The monoisotopic (exact) mass is 171 g/mol. The van der Waals surface area contributed by atoms with Gasteiger partial charge in [-0.1, -0.05) is 11.8 Å². The Morgan fingerprint density at radius 2 is 2.45 bits per heavy atom. The minimum absolute atomic E-state index is 0.0169. The van der Waals surface area contributed by atoms with Crippen molar-refractivity contribution in [3.63, 3.8) is 0 Å². The Labute approximate surface area is 68.8 Å². The van der Waals surface area contributed by atoms with Crippen molar-refractivity contribution in [2.45, 2.75) is 0 Å². The largest absolute Gasteiger partial charge is 0.382 e. The van der Waals surface area contributed by atoms with E-state index < -0.39 is 0 Å². The molecule has 11 heavy (non-hydrogen) atoms. The summed E-state index contributed by atoms with van der Waals surface area (Å²) in [7, 11) is 1.69. The number of nitrogens with zero attached hydrogens (tertiary/aromatic N) is 2. The second-order valence-corrected chi connectivity index (χ2v) is 2.85. The van der Waals surface area contributed by atoms with E-state index in [1.807, 2.05) is 0 Å². The van der Waals surface area contributed by atoms with E-state index >= 15 is 0 Å². The van der Waals surface area contributed by atoms with Gasteiger partial charge >= 0.3 is 0 Å². The first-order chi connectivity index (χ1) is 5.15. The van der Waals surface area contributed by atoms with Crippen molar-refractivity contribution in [3.8, 4) is 0 Å². The van der Waals surface area contributed by atoms with Crippen molar-refractivity contribution in [2.75, 3.05) is 12.0 Å². The van der Waals surface area contributed by atoms with E-state index in [0.717, 1.165) is 11.8 Å². The first-order valence-corrected chi connectivity index (χ1v) is 4.25. The maximum atomic E-state index is 11.1. The number of thioether (sulfide) groups is 1. The number of hydrogen-bond acceptors (Lipinski definition) is 4. The Balaban J connectivity index is 3.03. The molecule has 1 rings (SSSR count). The number of nitrogen functional groups attached to an aromatic ring is 1. The van der Waals surface area contributed by atoms with Gasteiger partial charge in [0.1, 0.15) is 11.5 Å². The fourth-order valence-electron chi connectivity index (χ4n) is 0.785. The van der Waals surface area contributed by atoms with E-state index in [1.165, 1.54) is 4.68 Å². The summed E-state index contributed by atoms with van der Waals surface area (Å²) in [5.74, 6) is 0.380. The van der Waals surface area contributed by atoms with Crippen LogP contribution in [0, 0.1) is 0 Å². The van der Waals surface area contributed by atoms with Crippen LogP contribution in [0.4, 0.5) is 5.82 Å². The summed E-state index contributed by atoms with van der Waals surface area (Å²) < 4.78 is 1.48. The second-order valence-electron chi connectivity index (χ2n) is 2.07. The molecule has 0 spiro atoms. The van der Waals surface area contributed by atoms with Crippen LogP contribution in [-0.2, 0) is 7.05 Å². The average Bonchev–Trinajstić information content (AvgIpc) is 2.28. The number of carbonyl (C=O) groups excluding carboxylic acids is 1. The topological polar surface area (TPSA) is 60.9 Å². The lowest BCUT2D eigenvalue weighted by Gasteiger charge is -1.94. The summed E-state index contributed by atoms with van der Waals surface area (Å²) in [5, 5.41) is 3.82. The number of aromatic nitrogens is 2. The zero-order valence-corrected chi connectivity index (χ0v) is 7.18. The van der Waals surface area contributed by atoms with E-state index in [2.05, 4.69) is 5.10 Å². The zero-order valence-electron chi connectivity index (χ0n) is 6.37. The third-order valence-corrected chi connectivity index (χ3v) is 1.87. The molecule has 5 heteroatoms. The van der Waals surface area contributed by atoms with Crippen LogP contribution in [0.1, 0.15) is 10.5 Å².